The predicted molar refractivity (Wildman–Crippen MR) is 87.3 cm³/mol. The Labute approximate surface area is 139 Å². The van der Waals surface area contributed by atoms with Crippen LogP contribution in [-0.4, -0.2) is 29.7 Å². The number of halogens is 1. The summed E-state index contributed by atoms with van der Waals surface area (Å²) in [5.41, 5.74) is 1.02. The van der Waals surface area contributed by atoms with Crippen LogP contribution in [0.3, 0.4) is 0 Å². The van der Waals surface area contributed by atoms with E-state index >= 15 is 0 Å². The van der Waals surface area contributed by atoms with Crippen molar-refractivity contribution in [2.24, 2.45) is 4.99 Å². The third kappa shape index (κ3) is 3.24. The van der Waals surface area contributed by atoms with E-state index in [-0.39, 0.29) is 11.9 Å². The molecule has 1 aliphatic rings. The molecule has 0 spiro atoms. The summed E-state index contributed by atoms with van der Waals surface area (Å²) in [6.07, 6.45) is 1.69. The van der Waals surface area contributed by atoms with Gasteiger partial charge in [-0.1, -0.05) is 17.7 Å². The van der Waals surface area contributed by atoms with E-state index in [2.05, 4.69) is 4.99 Å². The molecule has 0 radical (unpaired) electrons. The summed E-state index contributed by atoms with van der Waals surface area (Å²) in [7, 11) is 0. The van der Waals surface area contributed by atoms with Crippen LogP contribution in [0.1, 0.15) is 24.2 Å². The van der Waals surface area contributed by atoms with E-state index in [1.807, 2.05) is 19.9 Å². The standard InChI is InChI=1S/C17H17ClN2O3/c1-11(2)19-15-5-3-4-6-20(15)17(21)12-9-13(18)16-14(10-12)22-7-8-23-16/h3-6,9-11H,7-8H2,1-2H3. The molecule has 120 valence electrons. The number of carbonyl (C=O) groups is 1. The number of nitrogens with zero attached hydrogens (tertiary/aromatic N) is 2. The summed E-state index contributed by atoms with van der Waals surface area (Å²) >= 11 is 6.21. The van der Waals surface area contributed by atoms with Gasteiger partial charge in [0.05, 0.1) is 5.02 Å². The molecule has 1 aromatic carbocycles. The number of hydrogen-bond acceptors (Lipinski definition) is 4. The number of ether oxygens (including phenoxy) is 2. The third-order valence-corrected chi connectivity index (χ3v) is 3.57. The molecule has 6 heteroatoms. The van der Waals surface area contributed by atoms with Gasteiger partial charge in [-0.15, -0.1) is 0 Å². The number of rotatable bonds is 2. The fraction of sp³-hybridized carbons (Fsp3) is 0.294. The second-order valence-corrected chi connectivity index (χ2v) is 5.85. The van der Waals surface area contributed by atoms with Crippen molar-refractivity contribution in [2.45, 2.75) is 19.9 Å². The Hall–Kier alpha value is -2.27. The van der Waals surface area contributed by atoms with Crippen LogP contribution in [-0.2, 0) is 0 Å². The van der Waals surface area contributed by atoms with Crippen LogP contribution in [0, 0.1) is 0 Å². The Morgan fingerprint density at radius 3 is 2.83 bits per heavy atom. The number of carbonyl (C=O) groups excluding carboxylic acids is 1. The lowest BCUT2D eigenvalue weighted by Gasteiger charge is -2.20. The van der Waals surface area contributed by atoms with Crippen LogP contribution in [0.5, 0.6) is 11.5 Å². The molecule has 0 amide bonds. The minimum absolute atomic E-state index is 0.0836. The first-order valence-electron chi connectivity index (χ1n) is 7.41. The Kier molecular flexibility index (Phi) is 4.39. The third-order valence-electron chi connectivity index (χ3n) is 3.29. The number of fused-ring (bicyclic) bond motifs is 1. The Morgan fingerprint density at radius 1 is 1.26 bits per heavy atom. The molecule has 1 aromatic heterocycles. The summed E-state index contributed by atoms with van der Waals surface area (Å²) < 4.78 is 12.5. The van der Waals surface area contributed by atoms with Crippen molar-refractivity contribution in [3.63, 3.8) is 0 Å². The molecule has 0 fully saturated rings. The SMILES string of the molecule is CC(C)N=c1ccccn1C(=O)c1cc(Cl)c2c(c1)OCCO2. The largest absolute Gasteiger partial charge is 0.486 e. The van der Waals surface area contributed by atoms with Gasteiger partial charge in [0.25, 0.3) is 5.91 Å². The smallest absolute Gasteiger partial charge is 0.263 e. The van der Waals surface area contributed by atoms with Crippen molar-refractivity contribution >= 4 is 17.5 Å². The lowest BCUT2D eigenvalue weighted by atomic mass is 10.1. The second kappa shape index (κ2) is 6.46. The number of pyridine rings is 1. The lowest BCUT2D eigenvalue weighted by Crippen LogP contribution is -2.28. The van der Waals surface area contributed by atoms with Crippen LogP contribution in [0.15, 0.2) is 41.5 Å². The topological polar surface area (TPSA) is 52.8 Å². The summed E-state index contributed by atoms with van der Waals surface area (Å²) in [6, 6.07) is 8.77. The number of benzene rings is 1. The molecule has 0 unspecified atom stereocenters. The Balaban J connectivity index is 2.07. The molecule has 0 N–H and O–H groups in total. The minimum atomic E-state index is -0.219. The van der Waals surface area contributed by atoms with Crippen LogP contribution in [0.25, 0.3) is 0 Å². The van der Waals surface area contributed by atoms with Gasteiger partial charge in [-0.3, -0.25) is 14.4 Å². The van der Waals surface area contributed by atoms with Crippen molar-refractivity contribution in [2.75, 3.05) is 13.2 Å². The molecular formula is C17H17ClN2O3. The Morgan fingerprint density at radius 2 is 2.04 bits per heavy atom. The monoisotopic (exact) mass is 332 g/mol. The van der Waals surface area contributed by atoms with E-state index in [0.717, 1.165) is 0 Å². The zero-order chi connectivity index (χ0) is 16.4. The van der Waals surface area contributed by atoms with Gasteiger partial charge in [0.1, 0.15) is 18.7 Å². The molecule has 0 saturated heterocycles. The van der Waals surface area contributed by atoms with Crippen molar-refractivity contribution in [3.05, 3.63) is 52.6 Å². The van der Waals surface area contributed by atoms with Crippen molar-refractivity contribution < 1.29 is 14.3 Å². The summed E-state index contributed by atoms with van der Waals surface area (Å²) in [5.74, 6) is 0.759. The molecule has 23 heavy (non-hydrogen) atoms. The molecule has 0 aliphatic carbocycles. The molecule has 2 heterocycles. The van der Waals surface area contributed by atoms with Gasteiger partial charge in [-0.25, -0.2) is 0 Å². The average molecular weight is 333 g/mol. The molecule has 1 aliphatic heterocycles. The number of aromatic nitrogens is 1. The van der Waals surface area contributed by atoms with E-state index < -0.39 is 0 Å². The minimum Gasteiger partial charge on any atom is -0.486 e. The zero-order valence-electron chi connectivity index (χ0n) is 13.0. The fourth-order valence-electron chi connectivity index (χ4n) is 2.35. The molecule has 5 nitrogen and oxygen atoms in total. The molecular weight excluding hydrogens is 316 g/mol. The van der Waals surface area contributed by atoms with Gasteiger partial charge in [-0.2, -0.15) is 0 Å². The second-order valence-electron chi connectivity index (χ2n) is 5.44. The van der Waals surface area contributed by atoms with Crippen LogP contribution < -0.4 is 15.0 Å². The maximum Gasteiger partial charge on any atom is 0.263 e. The van der Waals surface area contributed by atoms with Gasteiger partial charge in [0.15, 0.2) is 11.5 Å². The maximum atomic E-state index is 12.8. The van der Waals surface area contributed by atoms with E-state index in [4.69, 9.17) is 21.1 Å². The average Bonchev–Trinajstić information content (AvgIpc) is 2.54. The highest BCUT2D eigenvalue weighted by atomic mass is 35.5. The summed E-state index contributed by atoms with van der Waals surface area (Å²) in [6.45, 7) is 4.81. The number of hydrogen-bond donors (Lipinski definition) is 0. The highest BCUT2D eigenvalue weighted by Gasteiger charge is 2.20. The molecule has 0 atom stereocenters. The Bertz CT molecular complexity index is 812. The van der Waals surface area contributed by atoms with Crippen LogP contribution in [0.4, 0.5) is 0 Å². The highest BCUT2D eigenvalue weighted by molar-refractivity contribution is 6.32. The zero-order valence-corrected chi connectivity index (χ0v) is 13.7. The van der Waals surface area contributed by atoms with Gasteiger partial charge in [0, 0.05) is 17.8 Å². The molecule has 0 saturated carbocycles. The molecule has 2 aromatic rings. The van der Waals surface area contributed by atoms with E-state index in [0.29, 0.717) is 40.8 Å². The molecule has 3 rings (SSSR count). The van der Waals surface area contributed by atoms with E-state index in [1.54, 1.807) is 30.5 Å². The van der Waals surface area contributed by atoms with Gasteiger partial charge >= 0.3 is 0 Å². The van der Waals surface area contributed by atoms with E-state index in [1.165, 1.54) is 4.57 Å². The van der Waals surface area contributed by atoms with Crippen LogP contribution >= 0.6 is 11.6 Å². The first-order valence-corrected chi connectivity index (χ1v) is 7.79. The quantitative estimate of drug-likeness (QED) is 0.849. The van der Waals surface area contributed by atoms with Crippen molar-refractivity contribution in [1.82, 2.24) is 4.57 Å². The van der Waals surface area contributed by atoms with Crippen molar-refractivity contribution in [3.8, 4) is 11.5 Å². The fourth-order valence-corrected chi connectivity index (χ4v) is 2.61. The lowest BCUT2D eigenvalue weighted by molar-refractivity contribution is 0.0953. The normalized spacial score (nSPS) is 14.2. The van der Waals surface area contributed by atoms with Gasteiger partial charge < -0.3 is 9.47 Å². The summed E-state index contributed by atoms with van der Waals surface area (Å²) in [5, 5.41) is 0.365. The maximum absolute atomic E-state index is 12.8. The highest BCUT2D eigenvalue weighted by Crippen LogP contribution is 2.38. The first-order chi connectivity index (χ1) is 11.1. The van der Waals surface area contributed by atoms with Crippen molar-refractivity contribution in [1.29, 1.82) is 0 Å². The predicted octanol–water partition coefficient (Wildman–Crippen LogP) is 2.91. The van der Waals surface area contributed by atoms with E-state index in [9.17, 15) is 4.79 Å². The summed E-state index contributed by atoms with van der Waals surface area (Å²) in [4.78, 5) is 17.3. The first kappa shape index (κ1) is 15.6. The molecule has 0 bridgehead atoms. The van der Waals surface area contributed by atoms with Gasteiger partial charge in [-0.05, 0) is 38.1 Å². The van der Waals surface area contributed by atoms with Gasteiger partial charge in [0.2, 0.25) is 0 Å². The van der Waals surface area contributed by atoms with Crippen LogP contribution in [0.2, 0.25) is 5.02 Å².